The number of hydrogen-bond donors (Lipinski definition) is 3. The summed E-state index contributed by atoms with van der Waals surface area (Å²) in [6, 6.07) is 5.80. The number of carbonyl (C=O) groups excluding carboxylic acids is 2. The SMILES string of the molecule is Cc1ccc(NC(=O)C[NH+]2CCC[C@@H](C(N)=O)C2)c(Br)c1. The third kappa shape index (κ3) is 4.54. The highest BCUT2D eigenvalue weighted by atomic mass is 79.9. The maximum Gasteiger partial charge on any atom is 0.279 e. The Hall–Kier alpha value is -1.40. The molecule has 0 radical (unpaired) electrons. The van der Waals surface area contributed by atoms with Gasteiger partial charge in [0, 0.05) is 4.47 Å². The average Bonchev–Trinajstić information content (AvgIpc) is 2.42. The van der Waals surface area contributed by atoms with Crippen molar-refractivity contribution >= 4 is 33.4 Å². The molecule has 0 bridgehead atoms. The fraction of sp³-hybridized carbons (Fsp3) is 0.467. The smallest absolute Gasteiger partial charge is 0.279 e. The second-order valence-corrected chi connectivity index (χ2v) is 6.51. The molecule has 2 rings (SSSR count). The number of likely N-dealkylation sites (tertiary alicyclic amines) is 1. The van der Waals surface area contributed by atoms with Gasteiger partial charge in [-0.1, -0.05) is 6.07 Å². The molecule has 2 atom stereocenters. The van der Waals surface area contributed by atoms with Crippen LogP contribution in [0.25, 0.3) is 0 Å². The molecule has 1 fully saturated rings. The molecular formula is C15H21BrN3O2+. The van der Waals surface area contributed by atoms with E-state index in [9.17, 15) is 9.59 Å². The fourth-order valence-electron chi connectivity index (χ4n) is 2.70. The van der Waals surface area contributed by atoms with E-state index in [0.29, 0.717) is 13.1 Å². The Bertz CT molecular complexity index is 548. The first-order chi connectivity index (χ1) is 9.95. The normalized spacial score (nSPS) is 21.8. The van der Waals surface area contributed by atoms with E-state index in [1.807, 2.05) is 25.1 Å². The van der Waals surface area contributed by atoms with Crippen LogP contribution in [0.2, 0.25) is 0 Å². The predicted molar refractivity (Wildman–Crippen MR) is 85.0 cm³/mol. The van der Waals surface area contributed by atoms with Crippen LogP contribution >= 0.6 is 15.9 Å². The van der Waals surface area contributed by atoms with E-state index in [-0.39, 0.29) is 17.7 Å². The van der Waals surface area contributed by atoms with Crippen molar-refractivity contribution in [3.05, 3.63) is 28.2 Å². The molecule has 0 saturated carbocycles. The molecule has 4 N–H and O–H groups in total. The second-order valence-electron chi connectivity index (χ2n) is 5.65. The number of rotatable bonds is 4. The highest BCUT2D eigenvalue weighted by Gasteiger charge is 2.28. The Labute approximate surface area is 133 Å². The van der Waals surface area contributed by atoms with Crippen molar-refractivity contribution in [2.24, 2.45) is 11.7 Å². The van der Waals surface area contributed by atoms with Crippen molar-refractivity contribution in [2.45, 2.75) is 19.8 Å². The molecule has 1 aromatic rings. The summed E-state index contributed by atoms with van der Waals surface area (Å²) in [6.45, 7) is 3.92. The molecule has 5 nitrogen and oxygen atoms in total. The van der Waals surface area contributed by atoms with Gasteiger partial charge in [-0.25, -0.2) is 0 Å². The van der Waals surface area contributed by atoms with E-state index in [2.05, 4.69) is 21.2 Å². The summed E-state index contributed by atoms with van der Waals surface area (Å²) in [5, 5.41) is 2.91. The lowest BCUT2D eigenvalue weighted by Crippen LogP contribution is -3.14. The number of amides is 2. The van der Waals surface area contributed by atoms with Gasteiger partial charge in [-0.05, 0) is 53.4 Å². The third-order valence-corrected chi connectivity index (χ3v) is 4.49. The monoisotopic (exact) mass is 354 g/mol. The molecule has 1 aliphatic rings. The van der Waals surface area contributed by atoms with Gasteiger partial charge in [0.2, 0.25) is 5.91 Å². The van der Waals surface area contributed by atoms with Crippen LogP contribution in [0.4, 0.5) is 5.69 Å². The minimum Gasteiger partial charge on any atom is -0.369 e. The fourth-order valence-corrected chi connectivity index (χ4v) is 3.29. The predicted octanol–water partition coefficient (Wildman–Crippen LogP) is 0.476. The molecule has 21 heavy (non-hydrogen) atoms. The molecule has 1 saturated heterocycles. The summed E-state index contributed by atoms with van der Waals surface area (Å²) in [4.78, 5) is 24.5. The first-order valence-electron chi connectivity index (χ1n) is 7.14. The van der Waals surface area contributed by atoms with Gasteiger partial charge in [0.25, 0.3) is 5.91 Å². The number of benzene rings is 1. The molecule has 114 valence electrons. The van der Waals surface area contributed by atoms with Crippen molar-refractivity contribution in [3.8, 4) is 0 Å². The van der Waals surface area contributed by atoms with E-state index in [4.69, 9.17) is 5.73 Å². The first-order valence-corrected chi connectivity index (χ1v) is 7.94. The van der Waals surface area contributed by atoms with Crippen LogP contribution < -0.4 is 16.0 Å². The maximum absolute atomic E-state index is 12.1. The minimum atomic E-state index is -0.256. The quantitative estimate of drug-likeness (QED) is 0.735. The zero-order valence-electron chi connectivity index (χ0n) is 12.1. The van der Waals surface area contributed by atoms with Crippen LogP contribution in [-0.4, -0.2) is 31.4 Å². The van der Waals surface area contributed by atoms with Crippen molar-refractivity contribution in [1.29, 1.82) is 0 Å². The van der Waals surface area contributed by atoms with Crippen LogP contribution in [0, 0.1) is 12.8 Å². The van der Waals surface area contributed by atoms with Crippen LogP contribution in [0.3, 0.4) is 0 Å². The van der Waals surface area contributed by atoms with E-state index in [0.717, 1.165) is 40.0 Å². The number of hydrogen-bond acceptors (Lipinski definition) is 2. The Morgan fingerprint density at radius 1 is 1.48 bits per heavy atom. The number of halogens is 1. The van der Waals surface area contributed by atoms with Crippen molar-refractivity contribution < 1.29 is 14.5 Å². The van der Waals surface area contributed by atoms with Gasteiger partial charge in [0.15, 0.2) is 6.54 Å². The third-order valence-electron chi connectivity index (χ3n) is 3.83. The average molecular weight is 355 g/mol. The number of piperidine rings is 1. The van der Waals surface area contributed by atoms with E-state index in [1.165, 1.54) is 0 Å². The molecule has 0 aliphatic carbocycles. The molecule has 6 heteroatoms. The summed E-state index contributed by atoms with van der Waals surface area (Å²) in [6.07, 6.45) is 1.77. The van der Waals surface area contributed by atoms with Crippen LogP contribution in [0.5, 0.6) is 0 Å². The maximum atomic E-state index is 12.1. The van der Waals surface area contributed by atoms with Gasteiger partial charge in [-0.15, -0.1) is 0 Å². The van der Waals surface area contributed by atoms with Crippen molar-refractivity contribution in [3.63, 3.8) is 0 Å². The van der Waals surface area contributed by atoms with Crippen LogP contribution in [-0.2, 0) is 9.59 Å². The van der Waals surface area contributed by atoms with Crippen LogP contribution in [0.1, 0.15) is 18.4 Å². The number of aryl methyl sites for hydroxylation is 1. The van der Waals surface area contributed by atoms with Gasteiger partial charge in [-0.2, -0.15) is 0 Å². The number of quaternary nitrogens is 1. The molecular weight excluding hydrogens is 334 g/mol. The number of primary amides is 1. The number of anilines is 1. The van der Waals surface area contributed by atoms with E-state index in [1.54, 1.807) is 0 Å². The molecule has 0 spiro atoms. The Morgan fingerprint density at radius 3 is 2.90 bits per heavy atom. The molecule has 1 aromatic carbocycles. The lowest BCUT2D eigenvalue weighted by Gasteiger charge is -2.27. The van der Waals surface area contributed by atoms with Gasteiger partial charge in [-0.3, -0.25) is 9.59 Å². The second kappa shape index (κ2) is 7.04. The standard InChI is InChI=1S/C15H20BrN3O2/c1-10-4-5-13(12(16)7-10)18-14(20)9-19-6-2-3-11(8-19)15(17)21/h4-5,7,11H,2-3,6,8-9H2,1H3,(H2,17,21)(H,18,20)/p+1/t11-/m1/s1. The molecule has 1 heterocycles. The zero-order chi connectivity index (χ0) is 15.4. The summed E-state index contributed by atoms with van der Waals surface area (Å²) >= 11 is 3.45. The summed E-state index contributed by atoms with van der Waals surface area (Å²) in [5.41, 5.74) is 7.26. The topological polar surface area (TPSA) is 76.6 Å². The molecule has 1 unspecified atom stereocenters. The highest BCUT2D eigenvalue weighted by Crippen LogP contribution is 2.23. The summed E-state index contributed by atoms with van der Waals surface area (Å²) < 4.78 is 0.875. The Balaban J connectivity index is 1.91. The van der Waals surface area contributed by atoms with E-state index < -0.39 is 0 Å². The number of carbonyl (C=O) groups is 2. The largest absolute Gasteiger partial charge is 0.369 e. The summed E-state index contributed by atoms with van der Waals surface area (Å²) in [7, 11) is 0. The highest BCUT2D eigenvalue weighted by molar-refractivity contribution is 9.10. The lowest BCUT2D eigenvalue weighted by atomic mass is 9.97. The van der Waals surface area contributed by atoms with Gasteiger partial charge >= 0.3 is 0 Å². The Kier molecular flexibility index (Phi) is 5.36. The van der Waals surface area contributed by atoms with Crippen LogP contribution in [0.15, 0.2) is 22.7 Å². The molecule has 0 aromatic heterocycles. The number of nitrogens with two attached hydrogens (primary N) is 1. The zero-order valence-corrected chi connectivity index (χ0v) is 13.7. The Morgan fingerprint density at radius 2 is 2.24 bits per heavy atom. The van der Waals surface area contributed by atoms with E-state index >= 15 is 0 Å². The first kappa shape index (κ1) is 16.0. The summed E-state index contributed by atoms with van der Waals surface area (Å²) in [5.74, 6) is -0.402. The minimum absolute atomic E-state index is 0.0420. The molecule has 1 aliphatic heterocycles. The number of nitrogens with one attached hydrogen (secondary N) is 2. The van der Waals surface area contributed by atoms with Gasteiger partial charge in [0.05, 0.1) is 24.7 Å². The van der Waals surface area contributed by atoms with Gasteiger partial charge in [0.1, 0.15) is 0 Å². The van der Waals surface area contributed by atoms with Crippen molar-refractivity contribution in [1.82, 2.24) is 0 Å². The molecule has 2 amide bonds. The van der Waals surface area contributed by atoms with Crippen molar-refractivity contribution in [2.75, 3.05) is 25.0 Å². The lowest BCUT2D eigenvalue weighted by molar-refractivity contribution is -0.899. The van der Waals surface area contributed by atoms with Gasteiger partial charge < -0.3 is 16.0 Å².